The van der Waals surface area contributed by atoms with E-state index in [1.54, 1.807) is 31.0 Å². The van der Waals surface area contributed by atoms with Gasteiger partial charge in [-0.05, 0) is 32.0 Å². The molecule has 7 nitrogen and oxygen atoms in total. The molecule has 4 rings (SSSR count). The van der Waals surface area contributed by atoms with Crippen molar-refractivity contribution >= 4 is 5.82 Å². The Bertz CT molecular complexity index is 868. The second-order valence-corrected chi connectivity index (χ2v) is 6.44. The molecule has 0 aromatic carbocycles. The fourth-order valence-corrected chi connectivity index (χ4v) is 3.14. The largest absolute Gasteiger partial charge is 0.367 e. The lowest BCUT2D eigenvalue weighted by Gasteiger charge is -2.23. The van der Waals surface area contributed by atoms with Crippen molar-refractivity contribution in [3.8, 4) is 11.4 Å². The standard InChI is InChI=1S/C19H21N7/c1-13(9-15-11-22-7-8-23-15)24-19-16-4-6-21-12-17(16)25-18(26-19)14-3-2-5-20-10-14/h2-3,5,7-8,10-11,13,21H,4,6,9,12H2,1H3,(H,24,25,26). The normalized spacial score (nSPS) is 14.5. The molecular formula is C19H21N7. The Labute approximate surface area is 152 Å². The van der Waals surface area contributed by atoms with E-state index < -0.39 is 0 Å². The van der Waals surface area contributed by atoms with E-state index in [0.29, 0.717) is 5.82 Å². The molecule has 0 bridgehead atoms. The highest BCUT2D eigenvalue weighted by atomic mass is 15.1. The molecule has 0 spiro atoms. The molecule has 1 atom stereocenters. The molecule has 1 aliphatic heterocycles. The Morgan fingerprint density at radius 2 is 2.08 bits per heavy atom. The van der Waals surface area contributed by atoms with Gasteiger partial charge in [0.25, 0.3) is 0 Å². The molecule has 132 valence electrons. The minimum Gasteiger partial charge on any atom is -0.367 e. The smallest absolute Gasteiger partial charge is 0.163 e. The van der Waals surface area contributed by atoms with E-state index in [0.717, 1.165) is 48.7 Å². The van der Waals surface area contributed by atoms with Crippen LogP contribution in [0.15, 0.2) is 43.1 Å². The monoisotopic (exact) mass is 347 g/mol. The zero-order valence-corrected chi connectivity index (χ0v) is 14.7. The number of nitrogens with zero attached hydrogens (tertiary/aromatic N) is 5. The predicted octanol–water partition coefficient (Wildman–Crippen LogP) is 2.02. The number of aromatic nitrogens is 5. The van der Waals surface area contributed by atoms with Crippen LogP contribution in [0.2, 0.25) is 0 Å². The lowest BCUT2D eigenvalue weighted by Crippen LogP contribution is -2.28. The highest BCUT2D eigenvalue weighted by Crippen LogP contribution is 2.25. The predicted molar refractivity (Wildman–Crippen MR) is 99.5 cm³/mol. The summed E-state index contributed by atoms with van der Waals surface area (Å²) in [6, 6.07) is 4.07. The molecule has 3 aromatic rings. The number of hydrogen-bond donors (Lipinski definition) is 2. The summed E-state index contributed by atoms with van der Waals surface area (Å²) in [6.07, 6.45) is 10.5. The number of fused-ring (bicyclic) bond motifs is 1. The van der Waals surface area contributed by atoms with E-state index in [9.17, 15) is 0 Å². The molecular weight excluding hydrogens is 326 g/mol. The first-order chi connectivity index (χ1) is 12.8. The third-order valence-corrected chi connectivity index (χ3v) is 4.37. The molecule has 2 N–H and O–H groups in total. The van der Waals surface area contributed by atoms with Gasteiger partial charge in [-0.1, -0.05) is 0 Å². The first kappa shape index (κ1) is 16.5. The lowest BCUT2D eigenvalue weighted by molar-refractivity contribution is 0.623. The number of anilines is 1. The molecule has 3 aromatic heterocycles. The third-order valence-electron chi connectivity index (χ3n) is 4.37. The second-order valence-electron chi connectivity index (χ2n) is 6.44. The van der Waals surface area contributed by atoms with Gasteiger partial charge in [0, 0.05) is 61.1 Å². The van der Waals surface area contributed by atoms with Crippen LogP contribution in [-0.4, -0.2) is 37.5 Å². The topological polar surface area (TPSA) is 88.5 Å². The van der Waals surface area contributed by atoms with Crippen molar-refractivity contribution in [2.45, 2.75) is 32.4 Å². The maximum absolute atomic E-state index is 4.81. The summed E-state index contributed by atoms with van der Waals surface area (Å²) in [4.78, 5) is 22.3. The quantitative estimate of drug-likeness (QED) is 0.730. The Morgan fingerprint density at radius 1 is 1.15 bits per heavy atom. The van der Waals surface area contributed by atoms with Gasteiger partial charge >= 0.3 is 0 Å². The molecule has 1 aliphatic rings. The molecule has 26 heavy (non-hydrogen) atoms. The van der Waals surface area contributed by atoms with Crippen molar-refractivity contribution in [1.29, 1.82) is 0 Å². The van der Waals surface area contributed by atoms with Crippen molar-refractivity contribution in [3.63, 3.8) is 0 Å². The van der Waals surface area contributed by atoms with Crippen molar-refractivity contribution in [2.75, 3.05) is 11.9 Å². The SMILES string of the molecule is CC(Cc1cnccn1)Nc1nc(-c2cccnc2)nc2c1CCNC2. The molecule has 0 saturated heterocycles. The average Bonchev–Trinajstić information content (AvgIpc) is 2.69. The highest BCUT2D eigenvalue weighted by molar-refractivity contribution is 5.59. The van der Waals surface area contributed by atoms with Gasteiger partial charge in [-0.3, -0.25) is 15.0 Å². The van der Waals surface area contributed by atoms with Crippen molar-refractivity contribution in [3.05, 3.63) is 60.1 Å². The molecule has 0 amide bonds. The van der Waals surface area contributed by atoms with Gasteiger partial charge in [0.05, 0.1) is 11.4 Å². The molecule has 0 radical (unpaired) electrons. The Morgan fingerprint density at radius 3 is 2.88 bits per heavy atom. The summed E-state index contributed by atoms with van der Waals surface area (Å²) in [5, 5.41) is 6.95. The van der Waals surface area contributed by atoms with Crippen LogP contribution in [-0.2, 0) is 19.4 Å². The number of pyridine rings is 1. The Balaban J connectivity index is 1.63. The second kappa shape index (κ2) is 7.53. The third kappa shape index (κ3) is 3.67. The van der Waals surface area contributed by atoms with Crippen LogP contribution >= 0.6 is 0 Å². The maximum atomic E-state index is 4.81. The number of rotatable bonds is 5. The fourth-order valence-electron chi connectivity index (χ4n) is 3.14. The van der Waals surface area contributed by atoms with Crippen LogP contribution in [0, 0.1) is 0 Å². The Hall–Kier alpha value is -2.93. The Kier molecular flexibility index (Phi) is 4.79. The molecule has 0 saturated carbocycles. The number of hydrogen-bond acceptors (Lipinski definition) is 7. The van der Waals surface area contributed by atoms with Gasteiger partial charge in [-0.25, -0.2) is 9.97 Å². The summed E-state index contributed by atoms with van der Waals surface area (Å²) >= 11 is 0. The molecule has 7 heteroatoms. The van der Waals surface area contributed by atoms with E-state index in [1.807, 2.05) is 12.1 Å². The highest BCUT2D eigenvalue weighted by Gasteiger charge is 2.19. The lowest BCUT2D eigenvalue weighted by atomic mass is 10.1. The van der Waals surface area contributed by atoms with Crippen molar-refractivity contribution < 1.29 is 0 Å². The van der Waals surface area contributed by atoms with Gasteiger partial charge in [-0.15, -0.1) is 0 Å². The van der Waals surface area contributed by atoms with E-state index >= 15 is 0 Å². The first-order valence-corrected chi connectivity index (χ1v) is 8.82. The molecule has 1 unspecified atom stereocenters. The fraction of sp³-hybridized carbons (Fsp3) is 0.316. The number of nitrogens with one attached hydrogen (secondary N) is 2. The minimum absolute atomic E-state index is 0.183. The van der Waals surface area contributed by atoms with Crippen LogP contribution in [0.25, 0.3) is 11.4 Å². The molecule has 0 fully saturated rings. The molecule has 4 heterocycles. The van der Waals surface area contributed by atoms with Crippen LogP contribution in [0.4, 0.5) is 5.82 Å². The van der Waals surface area contributed by atoms with E-state index in [1.165, 1.54) is 5.56 Å². The van der Waals surface area contributed by atoms with E-state index in [-0.39, 0.29) is 6.04 Å². The van der Waals surface area contributed by atoms with Gasteiger partial charge in [0.1, 0.15) is 5.82 Å². The molecule has 0 aliphatic carbocycles. The van der Waals surface area contributed by atoms with Crippen molar-refractivity contribution in [1.82, 2.24) is 30.2 Å². The summed E-state index contributed by atoms with van der Waals surface area (Å²) < 4.78 is 0. The van der Waals surface area contributed by atoms with Gasteiger partial charge in [0.2, 0.25) is 0 Å². The van der Waals surface area contributed by atoms with Gasteiger partial charge in [0.15, 0.2) is 5.82 Å². The average molecular weight is 347 g/mol. The zero-order valence-electron chi connectivity index (χ0n) is 14.7. The summed E-state index contributed by atoms with van der Waals surface area (Å²) in [5.41, 5.74) is 4.14. The van der Waals surface area contributed by atoms with Gasteiger partial charge in [-0.2, -0.15) is 0 Å². The van der Waals surface area contributed by atoms with E-state index in [2.05, 4.69) is 32.5 Å². The van der Waals surface area contributed by atoms with Crippen molar-refractivity contribution in [2.24, 2.45) is 0 Å². The summed E-state index contributed by atoms with van der Waals surface area (Å²) in [5.74, 6) is 1.61. The summed E-state index contributed by atoms with van der Waals surface area (Å²) in [7, 11) is 0. The summed E-state index contributed by atoms with van der Waals surface area (Å²) in [6.45, 7) is 3.84. The van der Waals surface area contributed by atoms with Crippen LogP contribution in [0.1, 0.15) is 23.9 Å². The van der Waals surface area contributed by atoms with Gasteiger partial charge < -0.3 is 10.6 Å². The zero-order chi connectivity index (χ0) is 17.8. The van der Waals surface area contributed by atoms with E-state index in [4.69, 9.17) is 9.97 Å². The van der Waals surface area contributed by atoms with Crippen LogP contribution < -0.4 is 10.6 Å². The first-order valence-electron chi connectivity index (χ1n) is 8.82. The van der Waals surface area contributed by atoms with Crippen LogP contribution in [0.5, 0.6) is 0 Å². The van der Waals surface area contributed by atoms with Crippen LogP contribution in [0.3, 0.4) is 0 Å². The maximum Gasteiger partial charge on any atom is 0.163 e. The minimum atomic E-state index is 0.183.